The van der Waals surface area contributed by atoms with Crippen molar-refractivity contribution in [2.24, 2.45) is 0 Å². The molecule has 2 fully saturated rings. The predicted octanol–water partition coefficient (Wildman–Crippen LogP) is 4.98. The van der Waals surface area contributed by atoms with Crippen LogP contribution in [-0.2, 0) is 6.54 Å². The Hall–Kier alpha value is -2.42. The van der Waals surface area contributed by atoms with E-state index in [2.05, 4.69) is 31.6 Å². The second kappa shape index (κ2) is 11.5. The summed E-state index contributed by atoms with van der Waals surface area (Å²) in [5.41, 5.74) is 2.21. The van der Waals surface area contributed by atoms with Gasteiger partial charge >= 0.3 is 0 Å². The summed E-state index contributed by atoms with van der Waals surface area (Å²) >= 11 is 1.80. The average Bonchev–Trinajstić information content (AvgIpc) is 3.56. The van der Waals surface area contributed by atoms with Crippen molar-refractivity contribution < 1.29 is 9.13 Å². The number of hydrogen-bond acceptors (Lipinski definition) is 6. The van der Waals surface area contributed by atoms with E-state index in [1.54, 1.807) is 31.0 Å². The Morgan fingerprint density at radius 3 is 2.49 bits per heavy atom. The first-order valence-corrected chi connectivity index (χ1v) is 13.6. The number of ether oxygens (including phenoxy) is 1. The van der Waals surface area contributed by atoms with Crippen LogP contribution in [0.2, 0.25) is 0 Å². The second-order valence-electron chi connectivity index (χ2n) is 9.45. The largest absolute Gasteiger partial charge is 0.497 e. The lowest BCUT2D eigenvalue weighted by Crippen LogP contribution is -2.33. The number of rotatable bonds is 9. The van der Waals surface area contributed by atoms with Gasteiger partial charge in [-0.25, -0.2) is 4.39 Å². The van der Waals surface area contributed by atoms with Gasteiger partial charge < -0.3 is 9.64 Å². The standard InChI is InChI=1S/C27H34FN5OS/c1-34-25-6-4-5-24(19-25)33-26(29-30-27(33)35-18-17-31-13-2-3-14-31)22-11-15-32(16-12-22)20-21-7-9-23(28)10-8-21/h4-10,19,22H,2-3,11-18,20H2,1H3. The van der Waals surface area contributed by atoms with E-state index in [1.165, 1.54) is 25.9 Å². The quantitative estimate of drug-likeness (QED) is 0.390. The summed E-state index contributed by atoms with van der Waals surface area (Å²) in [6, 6.07) is 15.0. The van der Waals surface area contributed by atoms with Gasteiger partial charge in [0.1, 0.15) is 17.4 Å². The van der Waals surface area contributed by atoms with Gasteiger partial charge in [-0.3, -0.25) is 9.47 Å². The highest BCUT2D eigenvalue weighted by Crippen LogP contribution is 2.33. The number of piperidine rings is 1. The molecule has 186 valence electrons. The molecule has 0 N–H and O–H groups in total. The van der Waals surface area contributed by atoms with Crippen molar-refractivity contribution in [1.82, 2.24) is 24.6 Å². The highest BCUT2D eigenvalue weighted by molar-refractivity contribution is 7.99. The van der Waals surface area contributed by atoms with Crippen molar-refractivity contribution in [3.05, 3.63) is 65.7 Å². The summed E-state index contributed by atoms with van der Waals surface area (Å²) in [7, 11) is 1.70. The van der Waals surface area contributed by atoms with Gasteiger partial charge in [-0.2, -0.15) is 0 Å². The smallest absolute Gasteiger partial charge is 0.195 e. The highest BCUT2D eigenvalue weighted by Gasteiger charge is 2.27. The monoisotopic (exact) mass is 495 g/mol. The molecule has 3 aromatic rings. The first-order chi connectivity index (χ1) is 17.2. The van der Waals surface area contributed by atoms with E-state index < -0.39 is 0 Å². The fraction of sp³-hybridized carbons (Fsp3) is 0.481. The number of hydrogen-bond donors (Lipinski definition) is 0. The molecule has 0 saturated carbocycles. The number of likely N-dealkylation sites (tertiary alicyclic amines) is 2. The molecule has 1 aromatic heterocycles. The van der Waals surface area contributed by atoms with Crippen molar-refractivity contribution in [2.75, 3.05) is 45.6 Å². The van der Waals surface area contributed by atoms with Gasteiger partial charge in [0, 0.05) is 30.8 Å². The van der Waals surface area contributed by atoms with E-state index in [9.17, 15) is 4.39 Å². The fourth-order valence-electron chi connectivity index (χ4n) is 5.10. The maximum atomic E-state index is 13.2. The molecule has 3 heterocycles. The molecule has 2 aliphatic heterocycles. The molecule has 0 radical (unpaired) electrons. The maximum Gasteiger partial charge on any atom is 0.195 e. The molecule has 2 aliphatic rings. The second-order valence-corrected chi connectivity index (χ2v) is 10.5. The summed E-state index contributed by atoms with van der Waals surface area (Å²) in [6.07, 6.45) is 4.69. The van der Waals surface area contributed by atoms with Crippen LogP contribution in [0.4, 0.5) is 4.39 Å². The Bertz CT molecular complexity index is 1090. The van der Waals surface area contributed by atoms with Gasteiger partial charge in [0.2, 0.25) is 0 Å². The topological polar surface area (TPSA) is 46.4 Å². The fourth-order valence-corrected chi connectivity index (χ4v) is 6.06. The van der Waals surface area contributed by atoms with Crippen LogP contribution in [0.3, 0.4) is 0 Å². The molecule has 0 atom stereocenters. The SMILES string of the molecule is COc1cccc(-n2c(SCCN3CCCC3)nnc2C2CCN(Cc3ccc(F)cc3)CC2)c1. The molecule has 0 unspecified atom stereocenters. The van der Waals surface area contributed by atoms with E-state index in [-0.39, 0.29) is 5.82 Å². The van der Waals surface area contributed by atoms with Crippen molar-refractivity contribution in [2.45, 2.75) is 43.3 Å². The zero-order valence-corrected chi connectivity index (χ0v) is 21.2. The van der Waals surface area contributed by atoms with Gasteiger partial charge in [0.05, 0.1) is 12.8 Å². The third-order valence-corrected chi connectivity index (χ3v) is 7.99. The first kappa shape index (κ1) is 24.3. The number of halogens is 1. The Morgan fingerprint density at radius 2 is 1.74 bits per heavy atom. The molecule has 0 spiro atoms. The molecule has 0 amide bonds. The Balaban J connectivity index is 1.30. The minimum Gasteiger partial charge on any atom is -0.497 e. The normalized spacial score (nSPS) is 17.8. The van der Waals surface area contributed by atoms with Crippen molar-refractivity contribution >= 4 is 11.8 Å². The van der Waals surface area contributed by atoms with Crippen LogP contribution in [0.15, 0.2) is 53.7 Å². The van der Waals surface area contributed by atoms with E-state index in [4.69, 9.17) is 9.84 Å². The van der Waals surface area contributed by atoms with E-state index in [0.717, 1.165) is 72.8 Å². The van der Waals surface area contributed by atoms with Gasteiger partial charge in [0.25, 0.3) is 0 Å². The lowest BCUT2D eigenvalue weighted by Gasteiger charge is -2.31. The zero-order valence-electron chi connectivity index (χ0n) is 20.4. The van der Waals surface area contributed by atoms with E-state index in [1.807, 2.05) is 24.3 Å². The maximum absolute atomic E-state index is 13.2. The summed E-state index contributed by atoms with van der Waals surface area (Å²) in [6.45, 7) is 6.35. The minimum atomic E-state index is -0.182. The number of benzene rings is 2. The first-order valence-electron chi connectivity index (χ1n) is 12.6. The van der Waals surface area contributed by atoms with Crippen LogP contribution >= 0.6 is 11.8 Å². The average molecular weight is 496 g/mol. The lowest BCUT2D eigenvalue weighted by atomic mass is 9.95. The molecule has 0 bridgehead atoms. The van der Waals surface area contributed by atoms with Crippen LogP contribution in [0.5, 0.6) is 5.75 Å². The molecule has 0 aliphatic carbocycles. The van der Waals surface area contributed by atoms with E-state index >= 15 is 0 Å². The van der Waals surface area contributed by atoms with Crippen LogP contribution < -0.4 is 4.74 Å². The third-order valence-electron chi connectivity index (χ3n) is 7.08. The molecule has 8 heteroatoms. The molecule has 5 rings (SSSR count). The number of thioether (sulfide) groups is 1. The molecule has 6 nitrogen and oxygen atoms in total. The van der Waals surface area contributed by atoms with Crippen molar-refractivity contribution in [3.63, 3.8) is 0 Å². The summed E-state index contributed by atoms with van der Waals surface area (Å²) < 4.78 is 21.0. The highest BCUT2D eigenvalue weighted by atomic mass is 32.2. The van der Waals surface area contributed by atoms with Crippen LogP contribution in [0.1, 0.15) is 43.0 Å². The van der Waals surface area contributed by atoms with Crippen LogP contribution in [-0.4, -0.2) is 70.2 Å². The molecular formula is C27H34FN5OS. The Kier molecular flexibility index (Phi) is 8.01. The van der Waals surface area contributed by atoms with Gasteiger partial charge in [-0.15, -0.1) is 10.2 Å². The van der Waals surface area contributed by atoms with Crippen molar-refractivity contribution in [3.8, 4) is 11.4 Å². The minimum absolute atomic E-state index is 0.182. The zero-order chi connectivity index (χ0) is 24.0. The number of methoxy groups -OCH3 is 1. The lowest BCUT2D eigenvalue weighted by molar-refractivity contribution is 0.201. The molecule has 2 aromatic carbocycles. The Morgan fingerprint density at radius 1 is 0.971 bits per heavy atom. The molecular weight excluding hydrogens is 461 g/mol. The summed E-state index contributed by atoms with van der Waals surface area (Å²) in [4.78, 5) is 4.98. The van der Waals surface area contributed by atoms with Crippen LogP contribution in [0, 0.1) is 5.82 Å². The van der Waals surface area contributed by atoms with Gasteiger partial charge in [0.15, 0.2) is 5.16 Å². The van der Waals surface area contributed by atoms with Gasteiger partial charge in [-0.05, 0) is 81.7 Å². The third kappa shape index (κ3) is 6.05. The van der Waals surface area contributed by atoms with Gasteiger partial charge in [-0.1, -0.05) is 30.0 Å². The van der Waals surface area contributed by atoms with Crippen LogP contribution in [0.25, 0.3) is 5.69 Å². The molecule has 35 heavy (non-hydrogen) atoms. The summed E-state index contributed by atoms with van der Waals surface area (Å²) in [5.74, 6) is 3.07. The summed E-state index contributed by atoms with van der Waals surface area (Å²) in [5, 5.41) is 10.3. The Labute approximate surface area is 211 Å². The predicted molar refractivity (Wildman–Crippen MR) is 138 cm³/mol. The number of aromatic nitrogens is 3. The number of nitrogens with zero attached hydrogens (tertiary/aromatic N) is 5. The van der Waals surface area contributed by atoms with E-state index in [0.29, 0.717) is 5.92 Å². The molecule has 2 saturated heterocycles. The van der Waals surface area contributed by atoms with Crippen molar-refractivity contribution in [1.29, 1.82) is 0 Å².